The Hall–Kier alpha value is -2.20. The molecule has 1 heteroatoms. The molecule has 0 aliphatic carbocycles. The SMILES string of the molecule is C=CCc1c(-c2ccccc2)oc(C)c1C#CC. The summed E-state index contributed by atoms with van der Waals surface area (Å²) < 4.78 is 5.89. The highest BCUT2D eigenvalue weighted by molar-refractivity contribution is 5.67. The lowest BCUT2D eigenvalue weighted by atomic mass is 10.0. The van der Waals surface area contributed by atoms with Gasteiger partial charge in [-0.1, -0.05) is 42.3 Å². The number of rotatable bonds is 3. The molecule has 18 heavy (non-hydrogen) atoms. The average molecular weight is 236 g/mol. The van der Waals surface area contributed by atoms with Crippen LogP contribution in [-0.4, -0.2) is 0 Å². The average Bonchev–Trinajstić information content (AvgIpc) is 2.70. The molecule has 1 aromatic heterocycles. The minimum atomic E-state index is 0.769. The number of aryl methyl sites for hydroxylation is 1. The molecule has 0 amide bonds. The maximum Gasteiger partial charge on any atom is 0.139 e. The third-order valence-electron chi connectivity index (χ3n) is 2.82. The number of hydrogen-bond donors (Lipinski definition) is 0. The topological polar surface area (TPSA) is 13.1 Å². The summed E-state index contributed by atoms with van der Waals surface area (Å²) in [5.41, 5.74) is 3.21. The van der Waals surface area contributed by atoms with Crippen molar-refractivity contribution in [2.45, 2.75) is 20.3 Å². The van der Waals surface area contributed by atoms with Crippen molar-refractivity contribution in [2.75, 3.05) is 0 Å². The fourth-order valence-electron chi connectivity index (χ4n) is 2.04. The van der Waals surface area contributed by atoms with E-state index in [0.717, 1.165) is 34.6 Å². The molecule has 0 aliphatic rings. The van der Waals surface area contributed by atoms with Gasteiger partial charge in [-0.3, -0.25) is 0 Å². The Bertz CT molecular complexity index is 606. The van der Waals surface area contributed by atoms with E-state index < -0.39 is 0 Å². The first-order chi connectivity index (χ1) is 8.77. The maximum absolute atomic E-state index is 5.89. The fourth-order valence-corrected chi connectivity index (χ4v) is 2.04. The zero-order valence-electron chi connectivity index (χ0n) is 10.8. The van der Waals surface area contributed by atoms with E-state index in [2.05, 4.69) is 18.4 Å². The van der Waals surface area contributed by atoms with Gasteiger partial charge in [0.2, 0.25) is 0 Å². The number of furan rings is 1. The van der Waals surface area contributed by atoms with Crippen LogP contribution >= 0.6 is 0 Å². The molecule has 0 saturated heterocycles. The molecule has 0 radical (unpaired) electrons. The summed E-state index contributed by atoms with van der Waals surface area (Å²) in [7, 11) is 0. The largest absolute Gasteiger partial charge is 0.460 e. The molecule has 1 nitrogen and oxygen atoms in total. The van der Waals surface area contributed by atoms with Gasteiger partial charge in [0, 0.05) is 11.1 Å². The molecule has 0 bridgehead atoms. The molecule has 0 fully saturated rings. The zero-order chi connectivity index (χ0) is 13.0. The van der Waals surface area contributed by atoms with Gasteiger partial charge >= 0.3 is 0 Å². The lowest BCUT2D eigenvalue weighted by Crippen LogP contribution is -1.87. The first-order valence-corrected chi connectivity index (χ1v) is 5.99. The van der Waals surface area contributed by atoms with Gasteiger partial charge in [0.05, 0.1) is 5.56 Å². The van der Waals surface area contributed by atoms with Crippen LogP contribution in [0.2, 0.25) is 0 Å². The van der Waals surface area contributed by atoms with Crippen LogP contribution < -0.4 is 0 Å². The Balaban J connectivity index is 2.63. The first kappa shape index (κ1) is 12.3. The predicted octanol–water partition coefficient (Wildman–Crippen LogP) is 4.35. The summed E-state index contributed by atoms with van der Waals surface area (Å²) in [6.07, 6.45) is 2.66. The van der Waals surface area contributed by atoms with Gasteiger partial charge in [0.1, 0.15) is 11.5 Å². The Morgan fingerprint density at radius 1 is 1.28 bits per heavy atom. The maximum atomic E-state index is 5.89. The summed E-state index contributed by atoms with van der Waals surface area (Å²) in [6, 6.07) is 10.1. The molecular weight excluding hydrogens is 220 g/mol. The van der Waals surface area contributed by atoms with Gasteiger partial charge in [0.25, 0.3) is 0 Å². The van der Waals surface area contributed by atoms with Crippen molar-refractivity contribution in [2.24, 2.45) is 0 Å². The summed E-state index contributed by atoms with van der Waals surface area (Å²) in [4.78, 5) is 0. The smallest absolute Gasteiger partial charge is 0.139 e. The molecule has 90 valence electrons. The van der Waals surface area contributed by atoms with E-state index in [1.807, 2.05) is 50.3 Å². The summed E-state index contributed by atoms with van der Waals surface area (Å²) >= 11 is 0. The van der Waals surface area contributed by atoms with Crippen LogP contribution in [0.5, 0.6) is 0 Å². The molecule has 0 saturated carbocycles. The minimum absolute atomic E-state index is 0.769. The van der Waals surface area contributed by atoms with E-state index in [4.69, 9.17) is 4.42 Å². The van der Waals surface area contributed by atoms with Crippen LogP contribution in [0.3, 0.4) is 0 Å². The normalized spacial score (nSPS) is 9.67. The van der Waals surface area contributed by atoms with Crippen LogP contribution in [0.1, 0.15) is 23.8 Å². The quantitative estimate of drug-likeness (QED) is 0.570. The number of hydrogen-bond acceptors (Lipinski definition) is 1. The van der Waals surface area contributed by atoms with Gasteiger partial charge in [0.15, 0.2) is 0 Å². The lowest BCUT2D eigenvalue weighted by molar-refractivity contribution is 0.546. The highest BCUT2D eigenvalue weighted by atomic mass is 16.3. The van der Waals surface area contributed by atoms with Gasteiger partial charge < -0.3 is 4.42 Å². The molecule has 2 rings (SSSR count). The van der Waals surface area contributed by atoms with Crippen molar-refractivity contribution >= 4 is 0 Å². The Kier molecular flexibility index (Phi) is 3.69. The van der Waals surface area contributed by atoms with E-state index in [0.29, 0.717) is 0 Å². The number of benzene rings is 1. The van der Waals surface area contributed by atoms with Crippen molar-refractivity contribution in [1.29, 1.82) is 0 Å². The molecule has 2 aromatic rings. The molecule has 0 unspecified atom stereocenters. The van der Waals surface area contributed by atoms with Crippen LogP contribution in [0.4, 0.5) is 0 Å². The van der Waals surface area contributed by atoms with Gasteiger partial charge in [-0.05, 0) is 20.3 Å². The second-order valence-corrected chi connectivity index (χ2v) is 4.07. The molecule has 1 aromatic carbocycles. The standard InChI is InChI=1S/C17H16O/c1-4-9-15-13(3)18-17(16(15)10-5-2)14-11-7-6-8-12-14/h5-8,11-12H,2,10H2,1,3H3. The molecule has 0 aliphatic heterocycles. The van der Waals surface area contributed by atoms with Crippen LogP contribution in [0.15, 0.2) is 47.4 Å². The summed E-state index contributed by atoms with van der Waals surface area (Å²) in [5.74, 6) is 7.86. The Morgan fingerprint density at radius 3 is 2.61 bits per heavy atom. The van der Waals surface area contributed by atoms with E-state index >= 15 is 0 Å². The first-order valence-electron chi connectivity index (χ1n) is 5.99. The van der Waals surface area contributed by atoms with Crippen molar-refractivity contribution < 1.29 is 4.42 Å². The zero-order valence-corrected chi connectivity index (χ0v) is 10.8. The van der Waals surface area contributed by atoms with Crippen molar-refractivity contribution in [3.8, 4) is 23.2 Å². The van der Waals surface area contributed by atoms with Crippen molar-refractivity contribution in [3.05, 3.63) is 59.9 Å². The van der Waals surface area contributed by atoms with E-state index in [9.17, 15) is 0 Å². The fraction of sp³-hybridized carbons (Fsp3) is 0.176. The highest BCUT2D eigenvalue weighted by Gasteiger charge is 2.16. The van der Waals surface area contributed by atoms with E-state index in [1.165, 1.54) is 0 Å². The van der Waals surface area contributed by atoms with Crippen molar-refractivity contribution in [1.82, 2.24) is 0 Å². The Morgan fingerprint density at radius 2 is 2.00 bits per heavy atom. The second-order valence-electron chi connectivity index (χ2n) is 4.07. The van der Waals surface area contributed by atoms with Gasteiger partial charge in [-0.15, -0.1) is 12.5 Å². The monoisotopic (exact) mass is 236 g/mol. The Labute approximate surface area is 108 Å². The molecule has 0 atom stereocenters. The van der Waals surface area contributed by atoms with Crippen LogP contribution in [-0.2, 0) is 6.42 Å². The van der Waals surface area contributed by atoms with Gasteiger partial charge in [-0.25, -0.2) is 0 Å². The van der Waals surface area contributed by atoms with E-state index in [-0.39, 0.29) is 0 Å². The molecule has 1 heterocycles. The third kappa shape index (κ3) is 2.24. The predicted molar refractivity (Wildman–Crippen MR) is 75.3 cm³/mol. The molecule has 0 N–H and O–H groups in total. The molecule has 0 spiro atoms. The van der Waals surface area contributed by atoms with Crippen LogP contribution in [0, 0.1) is 18.8 Å². The highest BCUT2D eigenvalue weighted by Crippen LogP contribution is 2.31. The number of allylic oxidation sites excluding steroid dienone is 1. The minimum Gasteiger partial charge on any atom is -0.460 e. The third-order valence-corrected chi connectivity index (χ3v) is 2.82. The van der Waals surface area contributed by atoms with E-state index in [1.54, 1.807) is 0 Å². The van der Waals surface area contributed by atoms with Crippen molar-refractivity contribution in [3.63, 3.8) is 0 Å². The second kappa shape index (κ2) is 5.42. The summed E-state index contributed by atoms with van der Waals surface area (Å²) in [5, 5.41) is 0. The lowest BCUT2D eigenvalue weighted by Gasteiger charge is -2.00. The molecular formula is C17H16O. The van der Waals surface area contributed by atoms with Crippen LogP contribution in [0.25, 0.3) is 11.3 Å². The summed E-state index contributed by atoms with van der Waals surface area (Å²) in [6.45, 7) is 7.61. The van der Waals surface area contributed by atoms with Gasteiger partial charge in [-0.2, -0.15) is 0 Å².